The van der Waals surface area contributed by atoms with Crippen LogP contribution in [-0.2, 0) is 9.53 Å². The summed E-state index contributed by atoms with van der Waals surface area (Å²) in [5, 5.41) is 2.95. The van der Waals surface area contributed by atoms with Gasteiger partial charge in [-0.3, -0.25) is 9.69 Å². The molecule has 0 aromatic heterocycles. The Morgan fingerprint density at radius 3 is 2.72 bits per heavy atom. The van der Waals surface area contributed by atoms with Gasteiger partial charge in [-0.15, -0.1) is 0 Å². The molecule has 3 amide bonds. The Morgan fingerprint density at radius 1 is 1.16 bits per heavy atom. The van der Waals surface area contributed by atoms with E-state index in [0.717, 1.165) is 31.4 Å². The Kier molecular flexibility index (Phi) is 5.58. The molecule has 1 saturated carbocycles. The molecule has 1 spiro atoms. The number of carbonyl (C=O) groups is 2. The van der Waals surface area contributed by atoms with Crippen LogP contribution in [0.2, 0.25) is 0 Å². The summed E-state index contributed by atoms with van der Waals surface area (Å²) >= 11 is 0. The van der Waals surface area contributed by atoms with Gasteiger partial charge in [0.05, 0.1) is 19.8 Å². The zero-order valence-corrected chi connectivity index (χ0v) is 14.7. The number of benzene rings is 1. The van der Waals surface area contributed by atoms with Gasteiger partial charge in [-0.2, -0.15) is 0 Å². The van der Waals surface area contributed by atoms with Gasteiger partial charge >= 0.3 is 6.03 Å². The van der Waals surface area contributed by atoms with E-state index in [0.29, 0.717) is 19.8 Å². The predicted octanol–water partition coefficient (Wildman–Crippen LogP) is 2.58. The van der Waals surface area contributed by atoms with Crippen LogP contribution < -0.4 is 10.1 Å². The average Bonchev–Trinajstić information content (AvgIpc) is 2.86. The van der Waals surface area contributed by atoms with Crippen molar-refractivity contribution in [3.63, 3.8) is 0 Å². The minimum atomic E-state index is -0.689. The van der Waals surface area contributed by atoms with E-state index < -0.39 is 5.54 Å². The Balaban J connectivity index is 1.41. The molecule has 0 bridgehead atoms. The van der Waals surface area contributed by atoms with Gasteiger partial charge in [0.25, 0.3) is 5.91 Å². The van der Waals surface area contributed by atoms with Gasteiger partial charge in [0.15, 0.2) is 0 Å². The van der Waals surface area contributed by atoms with Crippen molar-refractivity contribution in [1.82, 2.24) is 10.2 Å². The number of ether oxygens (including phenoxy) is 2. The minimum Gasteiger partial charge on any atom is -0.491 e. The number of para-hydroxylation sites is 1. The smallest absolute Gasteiger partial charge is 0.325 e. The first-order valence-electron chi connectivity index (χ1n) is 9.03. The van der Waals surface area contributed by atoms with Gasteiger partial charge in [0.2, 0.25) is 0 Å². The normalized spacial score (nSPS) is 26.1. The first kappa shape index (κ1) is 17.7. The van der Waals surface area contributed by atoms with E-state index in [-0.39, 0.29) is 24.4 Å². The lowest BCUT2D eigenvalue weighted by Gasteiger charge is -2.36. The average molecular weight is 346 g/mol. The predicted molar refractivity (Wildman–Crippen MR) is 93.4 cm³/mol. The highest BCUT2D eigenvalue weighted by atomic mass is 16.5. The molecule has 1 aromatic carbocycles. The van der Waals surface area contributed by atoms with E-state index >= 15 is 0 Å². The fourth-order valence-electron chi connectivity index (χ4n) is 3.69. The first-order valence-corrected chi connectivity index (χ1v) is 9.03. The summed E-state index contributed by atoms with van der Waals surface area (Å²) in [4.78, 5) is 26.3. The third-order valence-electron chi connectivity index (χ3n) is 5.20. The van der Waals surface area contributed by atoms with Crippen LogP contribution >= 0.6 is 0 Å². The van der Waals surface area contributed by atoms with Gasteiger partial charge < -0.3 is 14.8 Å². The molecular weight excluding hydrogens is 320 g/mol. The lowest BCUT2D eigenvalue weighted by Crippen LogP contribution is -2.54. The SMILES string of the molecule is C[C@H]1CCCC[C@@]12NC(=O)N(CCOCCOc1ccccc1)C2=O. The number of nitrogens with zero attached hydrogens (tertiary/aromatic N) is 1. The molecule has 0 unspecified atom stereocenters. The maximum absolute atomic E-state index is 12.8. The second-order valence-corrected chi connectivity index (χ2v) is 6.78. The molecule has 136 valence electrons. The molecule has 0 radical (unpaired) electrons. The van der Waals surface area contributed by atoms with E-state index in [4.69, 9.17) is 9.47 Å². The van der Waals surface area contributed by atoms with Crippen LogP contribution in [0, 0.1) is 5.92 Å². The molecule has 1 saturated heterocycles. The molecule has 1 heterocycles. The summed E-state index contributed by atoms with van der Waals surface area (Å²) in [7, 11) is 0. The van der Waals surface area contributed by atoms with Gasteiger partial charge in [0, 0.05) is 0 Å². The number of hydrogen-bond donors (Lipinski definition) is 1. The number of nitrogens with one attached hydrogen (secondary N) is 1. The van der Waals surface area contributed by atoms with Crippen LogP contribution in [0.15, 0.2) is 30.3 Å². The molecule has 2 atom stereocenters. The molecular formula is C19H26N2O4. The maximum atomic E-state index is 12.8. The summed E-state index contributed by atoms with van der Waals surface area (Å²) in [6.45, 7) is 3.51. The Bertz CT molecular complexity index is 607. The van der Waals surface area contributed by atoms with Crippen molar-refractivity contribution in [2.75, 3.05) is 26.4 Å². The monoisotopic (exact) mass is 346 g/mol. The van der Waals surface area contributed by atoms with Crippen molar-refractivity contribution in [2.45, 2.75) is 38.1 Å². The molecule has 1 aliphatic carbocycles. The summed E-state index contributed by atoms with van der Waals surface area (Å²) in [6.07, 6.45) is 3.82. The number of urea groups is 1. The van der Waals surface area contributed by atoms with Crippen molar-refractivity contribution in [3.05, 3.63) is 30.3 Å². The fourth-order valence-corrected chi connectivity index (χ4v) is 3.69. The number of amides is 3. The van der Waals surface area contributed by atoms with Crippen LogP contribution in [0.4, 0.5) is 4.79 Å². The van der Waals surface area contributed by atoms with Crippen LogP contribution in [0.5, 0.6) is 5.75 Å². The molecule has 2 aliphatic rings. The largest absolute Gasteiger partial charge is 0.491 e. The highest BCUT2D eigenvalue weighted by Crippen LogP contribution is 2.38. The number of imide groups is 1. The number of carbonyl (C=O) groups excluding carboxylic acids is 2. The standard InChI is InChI=1S/C19H26N2O4/c1-15-7-5-6-10-19(15)17(22)21(18(23)20-19)11-12-24-13-14-25-16-8-3-2-4-9-16/h2-4,8-9,15H,5-7,10-14H2,1H3,(H,20,23)/t15-,19+/m0/s1. The second-order valence-electron chi connectivity index (χ2n) is 6.78. The van der Waals surface area contributed by atoms with Crippen LogP contribution in [0.3, 0.4) is 0 Å². The Morgan fingerprint density at radius 2 is 1.96 bits per heavy atom. The van der Waals surface area contributed by atoms with Crippen molar-refractivity contribution >= 4 is 11.9 Å². The van der Waals surface area contributed by atoms with Crippen LogP contribution in [-0.4, -0.2) is 48.7 Å². The minimum absolute atomic E-state index is 0.0890. The highest BCUT2D eigenvalue weighted by molar-refractivity contribution is 6.07. The van der Waals surface area contributed by atoms with Gasteiger partial charge in [-0.05, 0) is 30.9 Å². The summed E-state index contributed by atoms with van der Waals surface area (Å²) in [5.74, 6) is 0.894. The number of hydrogen-bond acceptors (Lipinski definition) is 4. The quantitative estimate of drug-likeness (QED) is 0.609. The molecule has 3 rings (SSSR count). The molecule has 6 nitrogen and oxygen atoms in total. The lowest BCUT2D eigenvalue weighted by molar-refractivity contribution is -0.134. The third-order valence-corrected chi connectivity index (χ3v) is 5.20. The summed E-state index contributed by atoms with van der Waals surface area (Å²) < 4.78 is 11.1. The van der Waals surface area contributed by atoms with E-state index in [9.17, 15) is 9.59 Å². The Labute approximate surface area is 148 Å². The lowest BCUT2D eigenvalue weighted by atomic mass is 9.73. The second kappa shape index (κ2) is 7.87. The molecule has 1 aromatic rings. The summed E-state index contributed by atoms with van der Waals surface area (Å²) in [6, 6.07) is 9.24. The van der Waals surface area contributed by atoms with Gasteiger partial charge in [-0.1, -0.05) is 38.0 Å². The van der Waals surface area contributed by atoms with Crippen molar-refractivity contribution in [3.8, 4) is 5.75 Å². The van der Waals surface area contributed by atoms with Crippen molar-refractivity contribution in [1.29, 1.82) is 0 Å². The molecule has 6 heteroatoms. The molecule has 25 heavy (non-hydrogen) atoms. The van der Waals surface area contributed by atoms with Crippen LogP contribution in [0.1, 0.15) is 32.6 Å². The van der Waals surface area contributed by atoms with Crippen molar-refractivity contribution < 1.29 is 19.1 Å². The zero-order valence-electron chi connectivity index (χ0n) is 14.7. The topological polar surface area (TPSA) is 67.9 Å². The summed E-state index contributed by atoms with van der Waals surface area (Å²) in [5.41, 5.74) is -0.689. The fraction of sp³-hybridized carbons (Fsp3) is 0.579. The molecule has 1 aliphatic heterocycles. The van der Waals surface area contributed by atoms with E-state index in [1.807, 2.05) is 30.3 Å². The Hall–Kier alpha value is -2.08. The van der Waals surface area contributed by atoms with E-state index in [1.54, 1.807) is 0 Å². The molecule has 1 N–H and O–H groups in total. The van der Waals surface area contributed by atoms with Crippen LogP contribution in [0.25, 0.3) is 0 Å². The first-order chi connectivity index (χ1) is 12.1. The van der Waals surface area contributed by atoms with Gasteiger partial charge in [0.1, 0.15) is 17.9 Å². The molecule has 2 fully saturated rings. The zero-order chi connectivity index (χ0) is 17.7. The van der Waals surface area contributed by atoms with E-state index in [2.05, 4.69) is 12.2 Å². The van der Waals surface area contributed by atoms with Crippen molar-refractivity contribution in [2.24, 2.45) is 5.92 Å². The van der Waals surface area contributed by atoms with Gasteiger partial charge in [-0.25, -0.2) is 4.79 Å². The van der Waals surface area contributed by atoms with E-state index in [1.165, 1.54) is 4.90 Å². The maximum Gasteiger partial charge on any atom is 0.325 e. The third kappa shape index (κ3) is 3.79. The highest BCUT2D eigenvalue weighted by Gasteiger charge is 2.54. The number of rotatable bonds is 7.